The fourth-order valence-electron chi connectivity index (χ4n) is 1.74. The summed E-state index contributed by atoms with van der Waals surface area (Å²) in [5, 5.41) is 14.0. The van der Waals surface area contributed by atoms with Crippen molar-refractivity contribution in [3.63, 3.8) is 0 Å². The van der Waals surface area contributed by atoms with Gasteiger partial charge in [0.05, 0.1) is 0 Å². The number of nitrogens with one attached hydrogen (secondary N) is 2. The highest BCUT2D eigenvalue weighted by atomic mass is 16.4. The van der Waals surface area contributed by atoms with E-state index >= 15 is 0 Å². The first-order valence-electron chi connectivity index (χ1n) is 6.72. The second kappa shape index (κ2) is 8.04. The van der Waals surface area contributed by atoms with E-state index in [9.17, 15) is 14.4 Å². The Kier molecular flexibility index (Phi) is 6.39. The molecule has 6 nitrogen and oxygen atoms in total. The Bertz CT molecular complexity index is 511. The number of rotatable bonds is 7. The molecule has 0 bridgehead atoms. The molecule has 1 rings (SSSR count). The van der Waals surface area contributed by atoms with Crippen LogP contribution in [0, 0.1) is 5.92 Å². The molecular formula is C15H20N2O4. The summed E-state index contributed by atoms with van der Waals surface area (Å²) in [7, 11) is 0. The van der Waals surface area contributed by atoms with Crippen molar-refractivity contribution in [2.45, 2.75) is 26.8 Å². The monoisotopic (exact) mass is 292 g/mol. The van der Waals surface area contributed by atoms with E-state index in [0.29, 0.717) is 18.7 Å². The lowest BCUT2D eigenvalue weighted by atomic mass is 10.1. The molecule has 114 valence electrons. The first-order valence-corrected chi connectivity index (χ1v) is 6.72. The molecule has 3 N–H and O–H groups in total. The zero-order valence-corrected chi connectivity index (χ0v) is 12.2. The Morgan fingerprint density at radius 3 is 2.29 bits per heavy atom. The van der Waals surface area contributed by atoms with Gasteiger partial charge in [-0.15, -0.1) is 0 Å². The Morgan fingerprint density at radius 1 is 1.14 bits per heavy atom. The van der Waals surface area contributed by atoms with Crippen LogP contribution in [0.3, 0.4) is 0 Å². The molecule has 0 aliphatic rings. The van der Waals surface area contributed by atoms with Crippen LogP contribution in [0.5, 0.6) is 0 Å². The van der Waals surface area contributed by atoms with Gasteiger partial charge in [0, 0.05) is 32.0 Å². The lowest BCUT2D eigenvalue weighted by Crippen LogP contribution is -2.29. The Morgan fingerprint density at radius 2 is 1.76 bits per heavy atom. The number of hydrogen-bond donors (Lipinski definition) is 3. The first-order chi connectivity index (χ1) is 9.88. The van der Waals surface area contributed by atoms with Crippen molar-refractivity contribution in [1.29, 1.82) is 0 Å². The molecule has 0 saturated carbocycles. The predicted molar refractivity (Wildman–Crippen MR) is 77.7 cm³/mol. The number of carbonyl (C=O) groups is 3. The van der Waals surface area contributed by atoms with Gasteiger partial charge in [0.25, 0.3) is 5.91 Å². The Hall–Kier alpha value is -2.37. The van der Waals surface area contributed by atoms with Crippen molar-refractivity contribution >= 4 is 17.8 Å². The maximum absolute atomic E-state index is 11.9. The van der Waals surface area contributed by atoms with E-state index in [1.165, 1.54) is 6.92 Å². The topological polar surface area (TPSA) is 95.5 Å². The average molecular weight is 292 g/mol. The van der Waals surface area contributed by atoms with Crippen molar-refractivity contribution < 1.29 is 19.5 Å². The number of carboxylic acids is 1. The van der Waals surface area contributed by atoms with Crippen molar-refractivity contribution in [3.05, 3.63) is 35.4 Å². The van der Waals surface area contributed by atoms with Gasteiger partial charge in [-0.25, -0.2) is 0 Å². The number of carboxylic acid groups (broad SMARTS) is 1. The molecular weight excluding hydrogens is 272 g/mol. The van der Waals surface area contributed by atoms with Crippen molar-refractivity contribution in [2.24, 2.45) is 5.92 Å². The van der Waals surface area contributed by atoms with Crippen LogP contribution < -0.4 is 10.6 Å². The Labute approximate surface area is 123 Å². The van der Waals surface area contributed by atoms with E-state index in [4.69, 9.17) is 5.11 Å². The highest BCUT2D eigenvalue weighted by Crippen LogP contribution is 2.05. The minimum Gasteiger partial charge on any atom is -0.481 e. The maximum Gasteiger partial charge on any atom is 0.303 e. The highest BCUT2D eigenvalue weighted by molar-refractivity contribution is 5.94. The van der Waals surface area contributed by atoms with Crippen LogP contribution >= 0.6 is 0 Å². The zero-order valence-electron chi connectivity index (χ0n) is 12.2. The van der Waals surface area contributed by atoms with Crippen molar-refractivity contribution in [3.8, 4) is 0 Å². The number of benzene rings is 1. The van der Waals surface area contributed by atoms with Gasteiger partial charge in [0.2, 0.25) is 5.91 Å². The van der Waals surface area contributed by atoms with E-state index in [0.717, 1.165) is 5.56 Å². The van der Waals surface area contributed by atoms with Crippen molar-refractivity contribution in [2.75, 3.05) is 6.54 Å². The smallest absolute Gasteiger partial charge is 0.303 e. The van der Waals surface area contributed by atoms with E-state index < -0.39 is 5.97 Å². The number of amides is 2. The molecule has 0 aliphatic heterocycles. The molecule has 1 atom stereocenters. The molecule has 1 unspecified atom stereocenters. The molecule has 2 amide bonds. The summed E-state index contributed by atoms with van der Waals surface area (Å²) in [5.74, 6) is -1.34. The number of aliphatic carboxylic acids is 1. The van der Waals surface area contributed by atoms with Crippen LogP contribution in [0.15, 0.2) is 24.3 Å². The van der Waals surface area contributed by atoms with Crippen LogP contribution in [-0.4, -0.2) is 29.4 Å². The molecule has 1 aromatic carbocycles. The Balaban J connectivity index is 2.47. The quantitative estimate of drug-likeness (QED) is 0.703. The van der Waals surface area contributed by atoms with Crippen LogP contribution in [0.1, 0.15) is 36.2 Å². The lowest BCUT2D eigenvalue weighted by molar-refractivity contribution is -0.137. The first kappa shape index (κ1) is 16.7. The fourth-order valence-corrected chi connectivity index (χ4v) is 1.74. The molecule has 0 saturated heterocycles. The van der Waals surface area contributed by atoms with Gasteiger partial charge >= 0.3 is 5.97 Å². The fraction of sp³-hybridized carbons (Fsp3) is 0.400. The van der Waals surface area contributed by atoms with E-state index in [-0.39, 0.29) is 24.2 Å². The second-order valence-electron chi connectivity index (χ2n) is 5.02. The molecule has 1 aromatic rings. The minimum absolute atomic E-state index is 0.0237. The largest absolute Gasteiger partial charge is 0.481 e. The van der Waals surface area contributed by atoms with E-state index in [1.54, 1.807) is 31.2 Å². The van der Waals surface area contributed by atoms with Gasteiger partial charge < -0.3 is 15.7 Å². The average Bonchev–Trinajstić information content (AvgIpc) is 2.42. The molecule has 0 fully saturated rings. The standard InChI is InChI=1S/C15H20N2O4/c1-10(7-14(19)20)8-17-15(21)13-5-3-12(4-6-13)9-16-11(2)18/h3-6,10H,7-9H2,1-2H3,(H,16,18)(H,17,21)(H,19,20). The van der Waals surface area contributed by atoms with Crippen LogP contribution in [0.25, 0.3) is 0 Å². The second-order valence-corrected chi connectivity index (χ2v) is 5.02. The SMILES string of the molecule is CC(=O)NCc1ccc(C(=O)NCC(C)CC(=O)O)cc1. The summed E-state index contributed by atoms with van der Waals surface area (Å²) >= 11 is 0. The molecule has 21 heavy (non-hydrogen) atoms. The molecule has 0 radical (unpaired) electrons. The van der Waals surface area contributed by atoms with Gasteiger partial charge in [-0.2, -0.15) is 0 Å². The normalized spacial score (nSPS) is 11.5. The van der Waals surface area contributed by atoms with E-state index in [1.807, 2.05) is 0 Å². The number of hydrogen-bond acceptors (Lipinski definition) is 3. The summed E-state index contributed by atoms with van der Waals surface area (Å²) < 4.78 is 0. The number of carbonyl (C=O) groups excluding carboxylic acids is 2. The summed E-state index contributed by atoms with van der Waals surface area (Å²) in [6, 6.07) is 6.89. The van der Waals surface area contributed by atoms with E-state index in [2.05, 4.69) is 10.6 Å². The minimum atomic E-state index is -0.876. The van der Waals surface area contributed by atoms with Gasteiger partial charge in [0.15, 0.2) is 0 Å². The van der Waals surface area contributed by atoms with Crippen LogP contribution in [0.4, 0.5) is 0 Å². The lowest BCUT2D eigenvalue weighted by Gasteiger charge is -2.10. The maximum atomic E-state index is 11.9. The van der Waals surface area contributed by atoms with Gasteiger partial charge in [-0.05, 0) is 23.6 Å². The zero-order chi connectivity index (χ0) is 15.8. The third kappa shape index (κ3) is 6.56. The summed E-state index contributed by atoms with van der Waals surface area (Å²) in [4.78, 5) is 33.2. The summed E-state index contributed by atoms with van der Waals surface area (Å²) in [6.45, 7) is 3.96. The predicted octanol–water partition coefficient (Wildman–Crippen LogP) is 1.16. The molecule has 0 spiro atoms. The van der Waals surface area contributed by atoms with Gasteiger partial charge in [-0.3, -0.25) is 14.4 Å². The highest BCUT2D eigenvalue weighted by Gasteiger charge is 2.10. The molecule has 0 heterocycles. The van der Waals surface area contributed by atoms with Crippen molar-refractivity contribution in [1.82, 2.24) is 10.6 Å². The molecule has 6 heteroatoms. The molecule has 0 aromatic heterocycles. The summed E-state index contributed by atoms with van der Waals surface area (Å²) in [5.41, 5.74) is 1.41. The van der Waals surface area contributed by atoms with Crippen LogP contribution in [-0.2, 0) is 16.1 Å². The van der Waals surface area contributed by atoms with Gasteiger partial charge in [0.1, 0.15) is 0 Å². The third-order valence-electron chi connectivity index (χ3n) is 2.89. The van der Waals surface area contributed by atoms with Crippen LogP contribution in [0.2, 0.25) is 0 Å². The van der Waals surface area contributed by atoms with Gasteiger partial charge in [-0.1, -0.05) is 19.1 Å². The molecule has 0 aliphatic carbocycles. The third-order valence-corrected chi connectivity index (χ3v) is 2.89. The summed E-state index contributed by atoms with van der Waals surface area (Å²) in [6.07, 6.45) is 0.0237.